The maximum absolute atomic E-state index is 14.8. The van der Waals surface area contributed by atoms with Crippen molar-refractivity contribution in [2.24, 2.45) is 5.41 Å². The van der Waals surface area contributed by atoms with Crippen molar-refractivity contribution in [3.63, 3.8) is 0 Å². The van der Waals surface area contributed by atoms with Crippen molar-refractivity contribution in [2.45, 2.75) is 168 Å². The number of carbonyl (C=O) groups is 1. The smallest absolute Gasteiger partial charge is 0.454 e. The molecule has 2 saturated heterocycles. The fraction of sp³-hybridized carbons (Fsp3) is 0.492. The maximum atomic E-state index is 14.8. The van der Waals surface area contributed by atoms with Gasteiger partial charge in [-0.25, -0.2) is 4.57 Å². The first-order valence-electron chi connectivity index (χ1n) is 27.0. The van der Waals surface area contributed by atoms with Crippen molar-refractivity contribution in [2.75, 3.05) is 19.8 Å². The zero-order chi connectivity index (χ0) is 53.6. The van der Waals surface area contributed by atoms with Crippen LogP contribution in [0.5, 0.6) is 0 Å². The zero-order valence-electron chi connectivity index (χ0n) is 45.1. The first-order chi connectivity index (χ1) is 37.0. The summed E-state index contributed by atoms with van der Waals surface area (Å²) in [6.45, 7) is 12.4. The van der Waals surface area contributed by atoms with E-state index in [4.69, 9.17) is 56.2 Å². The van der Waals surface area contributed by atoms with Crippen LogP contribution in [0.3, 0.4) is 0 Å². The Morgan fingerprint density at radius 3 is 1.30 bits per heavy atom. The Morgan fingerprint density at radius 1 is 0.487 bits per heavy atom. The molecule has 5 aromatic rings. The van der Waals surface area contributed by atoms with E-state index < -0.39 is 80.6 Å². The van der Waals surface area contributed by atoms with E-state index in [2.05, 4.69) is 0 Å². The van der Waals surface area contributed by atoms with Crippen LogP contribution >= 0.6 is 7.82 Å². The van der Waals surface area contributed by atoms with Crippen LogP contribution in [0, 0.1) is 5.41 Å². The Labute approximate surface area is 450 Å². The number of hydrogen-bond donors (Lipinski definition) is 0. The molecule has 2 aliphatic rings. The van der Waals surface area contributed by atoms with Gasteiger partial charge in [0.25, 0.3) is 0 Å². The highest BCUT2D eigenvalue weighted by Crippen LogP contribution is 2.53. The first kappa shape index (κ1) is 59.0. The average Bonchev–Trinajstić information content (AvgIpc) is 3.48. The fourth-order valence-electron chi connectivity index (χ4n) is 8.72. The minimum Gasteiger partial charge on any atom is -0.454 e. The third-order valence-corrected chi connectivity index (χ3v) is 14.5. The van der Waals surface area contributed by atoms with Crippen molar-refractivity contribution >= 4 is 13.8 Å². The Balaban J connectivity index is 1.35. The molecule has 412 valence electrons. The van der Waals surface area contributed by atoms with E-state index in [1.165, 1.54) is 0 Å². The minimum absolute atomic E-state index is 0.0612. The molecule has 14 nitrogen and oxygen atoms in total. The van der Waals surface area contributed by atoms with Crippen LogP contribution in [-0.2, 0) is 98.6 Å². The van der Waals surface area contributed by atoms with Crippen molar-refractivity contribution < 1.29 is 65.6 Å². The fourth-order valence-corrected chi connectivity index (χ4v) is 10.0. The van der Waals surface area contributed by atoms with Gasteiger partial charge in [-0.3, -0.25) is 18.4 Å². The average molecular weight is 1070 g/mol. The predicted octanol–water partition coefficient (Wildman–Crippen LogP) is 12.5. The van der Waals surface area contributed by atoms with E-state index >= 15 is 0 Å². The van der Waals surface area contributed by atoms with E-state index in [0.717, 1.165) is 40.7 Å². The minimum atomic E-state index is -4.37. The molecule has 2 fully saturated rings. The van der Waals surface area contributed by atoms with Gasteiger partial charge >= 0.3 is 13.8 Å². The van der Waals surface area contributed by atoms with E-state index in [9.17, 15) is 9.36 Å². The lowest BCUT2D eigenvalue weighted by molar-refractivity contribution is -0.369. The van der Waals surface area contributed by atoms with Crippen LogP contribution in [0.4, 0.5) is 0 Å². The van der Waals surface area contributed by atoms with Crippen LogP contribution in [0.15, 0.2) is 152 Å². The molecule has 0 amide bonds. The van der Waals surface area contributed by atoms with E-state index in [0.29, 0.717) is 25.9 Å². The number of benzene rings is 5. The highest BCUT2D eigenvalue weighted by atomic mass is 31.2. The molecular formula is C61H79O14P. The number of phosphoric acid groups is 1. The number of hydrogen-bond acceptors (Lipinski definition) is 14. The molecule has 0 saturated carbocycles. The SMILES string of the molecule is CCCCOP(=O)(OCCCC)O[C@@H]1OC(CC)[C@@H](OCc2ccccc2)[C@H](O[C@@H]2OC(COCc3ccccc3)[C@@H](OCc3ccccc3)[C@H](OCc3ccccc3)C2OCc2ccccc2)C1OC(=O)C(C)(C)C. The molecule has 5 aromatic carbocycles. The number of carbonyl (C=O) groups excluding carboxylic acids is 1. The Hall–Kier alpha value is -4.64. The van der Waals surface area contributed by atoms with Gasteiger partial charge in [-0.15, -0.1) is 0 Å². The van der Waals surface area contributed by atoms with Gasteiger partial charge in [0, 0.05) is 0 Å². The summed E-state index contributed by atoms with van der Waals surface area (Å²) in [7, 11) is -4.37. The molecule has 0 aromatic heterocycles. The van der Waals surface area contributed by atoms with Crippen LogP contribution in [0.1, 0.15) is 101 Å². The van der Waals surface area contributed by atoms with Gasteiger partial charge in [0.15, 0.2) is 12.4 Å². The zero-order valence-corrected chi connectivity index (χ0v) is 46.0. The van der Waals surface area contributed by atoms with Crippen LogP contribution in [-0.4, -0.2) is 87.2 Å². The summed E-state index contributed by atoms with van der Waals surface area (Å²) in [6, 6.07) is 49.2. The van der Waals surface area contributed by atoms with Gasteiger partial charge in [-0.2, -0.15) is 0 Å². The highest BCUT2D eigenvalue weighted by molar-refractivity contribution is 7.48. The molecule has 0 N–H and O–H groups in total. The highest BCUT2D eigenvalue weighted by Gasteiger charge is 2.57. The molecule has 15 heteroatoms. The predicted molar refractivity (Wildman–Crippen MR) is 288 cm³/mol. The van der Waals surface area contributed by atoms with Crippen molar-refractivity contribution in [1.29, 1.82) is 0 Å². The molecule has 76 heavy (non-hydrogen) atoms. The second-order valence-corrected chi connectivity index (χ2v) is 21.8. The summed E-state index contributed by atoms with van der Waals surface area (Å²) < 4.78 is 95.7. The Bertz CT molecular complexity index is 2420. The van der Waals surface area contributed by atoms with Gasteiger partial charge in [-0.1, -0.05) is 185 Å². The van der Waals surface area contributed by atoms with Gasteiger partial charge in [0.2, 0.25) is 6.29 Å². The molecule has 0 radical (unpaired) electrons. The molecule has 7 rings (SSSR count). The third-order valence-electron chi connectivity index (χ3n) is 13.0. The molecule has 2 aliphatic heterocycles. The number of phosphoric ester groups is 1. The van der Waals surface area contributed by atoms with E-state index in [1.807, 2.05) is 172 Å². The monoisotopic (exact) mass is 1070 g/mol. The summed E-state index contributed by atoms with van der Waals surface area (Å²) in [5, 5.41) is 0. The topological polar surface area (TPSA) is 145 Å². The van der Waals surface area contributed by atoms with Crippen molar-refractivity contribution in [1.82, 2.24) is 0 Å². The van der Waals surface area contributed by atoms with Crippen molar-refractivity contribution in [3.8, 4) is 0 Å². The normalized spacial score (nSPS) is 24.0. The second-order valence-electron chi connectivity index (χ2n) is 20.2. The summed E-state index contributed by atoms with van der Waals surface area (Å²) in [6.07, 6.45) is -7.52. The molecule has 0 aliphatic carbocycles. The van der Waals surface area contributed by atoms with Crippen LogP contribution < -0.4 is 0 Å². The quantitative estimate of drug-likeness (QED) is 0.0244. The number of unbranched alkanes of at least 4 members (excludes halogenated alkanes) is 2. The van der Waals surface area contributed by atoms with E-state index in [-0.39, 0.29) is 46.2 Å². The van der Waals surface area contributed by atoms with Crippen LogP contribution in [0.25, 0.3) is 0 Å². The lowest BCUT2D eigenvalue weighted by atomic mass is 9.93. The van der Waals surface area contributed by atoms with Gasteiger partial charge in [0.05, 0.1) is 64.4 Å². The largest absolute Gasteiger partial charge is 0.477 e. The summed E-state index contributed by atoms with van der Waals surface area (Å²) in [5.74, 6) is -0.597. The van der Waals surface area contributed by atoms with E-state index in [1.54, 1.807) is 20.8 Å². The lowest BCUT2D eigenvalue weighted by Gasteiger charge is -2.50. The summed E-state index contributed by atoms with van der Waals surface area (Å²) in [5.41, 5.74) is 3.62. The van der Waals surface area contributed by atoms with Gasteiger partial charge < -0.3 is 42.6 Å². The Kier molecular flexibility index (Phi) is 23.7. The number of esters is 1. The van der Waals surface area contributed by atoms with Crippen molar-refractivity contribution in [3.05, 3.63) is 179 Å². The summed E-state index contributed by atoms with van der Waals surface area (Å²) >= 11 is 0. The second kappa shape index (κ2) is 30.5. The van der Waals surface area contributed by atoms with Crippen LogP contribution in [0.2, 0.25) is 0 Å². The lowest BCUT2D eigenvalue weighted by Crippen LogP contribution is -2.66. The maximum Gasteiger partial charge on any atom is 0.477 e. The first-order valence-corrected chi connectivity index (χ1v) is 28.4. The molecule has 0 spiro atoms. The van der Waals surface area contributed by atoms with Gasteiger partial charge in [-0.05, 0) is 67.9 Å². The molecular weight excluding hydrogens is 988 g/mol. The molecule has 4 unspecified atom stereocenters. The number of ether oxygens (including phenoxy) is 9. The summed E-state index contributed by atoms with van der Waals surface area (Å²) in [4.78, 5) is 14.4. The molecule has 10 atom stereocenters. The standard InChI is InChI=1S/C61H79O14P/c1-7-10-37-69-76(63,70-38-11-8-2)75-59-57(74-60(62)61(4,5)6)55(52(50(9-3)71-59)65-40-46-29-19-13-20-30-46)73-58-56(68-43-49-35-25-16-26-36-49)54(67-42-48-33-23-15-24-34-48)53(66-41-47-31-21-14-22-32-47)51(72-58)44-64-39-45-27-17-12-18-28-45/h12-36,50-59H,7-11,37-44H2,1-6H3/t50?,51?,52-,53-,54+,55+,56?,57?,58+,59+/m1/s1. The molecule has 0 bridgehead atoms. The number of rotatable bonds is 30. The molecule has 2 heterocycles. The Morgan fingerprint density at radius 2 is 0.882 bits per heavy atom. The third kappa shape index (κ3) is 18.0. The van der Waals surface area contributed by atoms with Gasteiger partial charge in [0.1, 0.15) is 36.6 Å².